The molecule has 1 fully saturated rings. The van der Waals surface area contributed by atoms with Crippen LogP contribution in [0.15, 0.2) is 12.1 Å². The fraction of sp³-hybridized carbons (Fsp3) is 0.500. The maximum absolute atomic E-state index is 14.2. The molecule has 112 valence electrons. The number of nitrogens with two attached hydrogens (primary N) is 1. The Morgan fingerprint density at radius 3 is 2.81 bits per heavy atom. The number of carbonyl (C=O) groups excluding carboxylic acids is 2. The quantitative estimate of drug-likeness (QED) is 0.775. The van der Waals surface area contributed by atoms with Crippen molar-refractivity contribution in [3.05, 3.63) is 34.6 Å². The van der Waals surface area contributed by atoms with Gasteiger partial charge in [0.05, 0.1) is 0 Å². The second-order valence-electron chi connectivity index (χ2n) is 6.13. The van der Waals surface area contributed by atoms with Gasteiger partial charge in [-0.25, -0.2) is 4.39 Å². The minimum absolute atomic E-state index is 0.156. The third kappa shape index (κ3) is 2.97. The Hall–Kier alpha value is -1.75. The molecule has 0 radical (unpaired) electrons. The number of nitrogens with one attached hydrogen (secondary N) is 1. The van der Waals surface area contributed by atoms with E-state index in [-0.39, 0.29) is 11.7 Å². The lowest BCUT2D eigenvalue weighted by Crippen LogP contribution is -2.35. The molecule has 0 aromatic heterocycles. The van der Waals surface area contributed by atoms with Crippen LogP contribution in [0.1, 0.15) is 35.6 Å². The number of hydrogen-bond donors (Lipinski definition) is 2. The summed E-state index contributed by atoms with van der Waals surface area (Å²) in [4.78, 5) is 22.5. The lowest BCUT2D eigenvalue weighted by atomic mass is 10.00. The number of primary amides is 1. The van der Waals surface area contributed by atoms with Crippen LogP contribution in [0.4, 0.5) is 4.39 Å². The third-order valence-corrected chi connectivity index (χ3v) is 4.38. The highest BCUT2D eigenvalue weighted by atomic mass is 19.1. The van der Waals surface area contributed by atoms with Crippen molar-refractivity contribution < 1.29 is 14.0 Å². The monoisotopic (exact) mass is 290 g/mol. The van der Waals surface area contributed by atoms with Crippen molar-refractivity contribution in [2.75, 3.05) is 6.54 Å². The zero-order chi connectivity index (χ0) is 15.0. The largest absolute Gasteiger partial charge is 0.368 e. The molecule has 1 saturated carbocycles. The second kappa shape index (κ2) is 5.56. The maximum Gasteiger partial charge on any atom is 0.239 e. The van der Waals surface area contributed by atoms with Gasteiger partial charge in [-0.1, -0.05) is 6.07 Å². The fourth-order valence-electron chi connectivity index (χ4n) is 3.00. The lowest BCUT2D eigenvalue weighted by molar-refractivity contribution is -0.120. The first-order chi connectivity index (χ1) is 10.1. The highest BCUT2D eigenvalue weighted by Crippen LogP contribution is 2.32. The highest BCUT2D eigenvalue weighted by Gasteiger charge is 2.29. The normalized spacial score (nSPS) is 21.9. The Balaban J connectivity index is 1.85. The van der Waals surface area contributed by atoms with E-state index in [1.165, 1.54) is 6.07 Å². The van der Waals surface area contributed by atoms with Crippen LogP contribution < -0.4 is 11.1 Å². The van der Waals surface area contributed by atoms with Gasteiger partial charge in [0.25, 0.3) is 0 Å². The van der Waals surface area contributed by atoms with Crippen LogP contribution in [0, 0.1) is 17.7 Å². The molecule has 1 aromatic rings. The van der Waals surface area contributed by atoms with Gasteiger partial charge in [-0.2, -0.15) is 0 Å². The van der Waals surface area contributed by atoms with E-state index >= 15 is 0 Å². The molecule has 3 rings (SSSR count). The molecular formula is C16H19FN2O2. The number of aldehydes is 1. The SMILES string of the molecule is NC(=O)C(NCC1CC1)c1cc(F)c2c(c1)CC(C=O)C2. The van der Waals surface area contributed by atoms with Crippen molar-refractivity contribution in [3.8, 4) is 0 Å². The zero-order valence-electron chi connectivity index (χ0n) is 11.8. The van der Waals surface area contributed by atoms with Gasteiger partial charge in [-0.15, -0.1) is 0 Å². The summed E-state index contributed by atoms with van der Waals surface area (Å²) in [7, 11) is 0. The summed E-state index contributed by atoms with van der Waals surface area (Å²) in [6.45, 7) is 0.725. The van der Waals surface area contributed by atoms with E-state index in [9.17, 15) is 14.0 Å². The van der Waals surface area contributed by atoms with E-state index in [2.05, 4.69) is 5.32 Å². The molecule has 5 heteroatoms. The number of carbonyl (C=O) groups is 2. The van der Waals surface area contributed by atoms with Crippen molar-refractivity contribution in [1.82, 2.24) is 5.32 Å². The molecule has 2 unspecified atom stereocenters. The molecule has 0 saturated heterocycles. The smallest absolute Gasteiger partial charge is 0.239 e. The van der Waals surface area contributed by atoms with Gasteiger partial charge < -0.3 is 15.8 Å². The molecule has 1 amide bonds. The molecule has 1 aromatic carbocycles. The Morgan fingerprint density at radius 1 is 1.43 bits per heavy atom. The van der Waals surface area contributed by atoms with Crippen LogP contribution in [-0.4, -0.2) is 18.7 Å². The minimum atomic E-state index is -0.666. The third-order valence-electron chi connectivity index (χ3n) is 4.38. The van der Waals surface area contributed by atoms with Crippen LogP contribution in [0.5, 0.6) is 0 Å². The van der Waals surface area contributed by atoms with Gasteiger partial charge in [-0.3, -0.25) is 4.79 Å². The number of fused-ring (bicyclic) bond motifs is 1. The van der Waals surface area contributed by atoms with E-state index in [0.717, 1.165) is 31.2 Å². The number of hydrogen-bond acceptors (Lipinski definition) is 3. The Bertz CT molecular complexity index is 584. The molecule has 0 heterocycles. The molecule has 2 aliphatic carbocycles. The second-order valence-corrected chi connectivity index (χ2v) is 6.13. The van der Waals surface area contributed by atoms with Crippen molar-refractivity contribution in [1.29, 1.82) is 0 Å². The van der Waals surface area contributed by atoms with Gasteiger partial charge >= 0.3 is 0 Å². The molecule has 4 nitrogen and oxygen atoms in total. The van der Waals surface area contributed by atoms with Crippen LogP contribution in [0.2, 0.25) is 0 Å². The molecule has 2 atom stereocenters. The Morgan fingerprint density at radius 2 is 2.19 bits per heavy atom. The first-order valence-corrected chi connectivity index (χ1v) is 7.37. The van der Waals surface area contributed by atoms with Gasteiger partial charge in [0.1, 0.15) is 18.1 Å². The summed E-state index contributed by atoms with van der Waals surface area (Å²) in [5.41, 5.74) is 7.42. The zero-order valence-corrected chi connectivity index (χ0v) is 11.8. The van der Waals surface area contributed by atoms with Crippen LogP contribution in [0.25, 0.3) is 0 Å². The highest BCUT2D eigenvalue weighted by molar-refractivity contribution is 5.81. The first-order valence-electron chi connectivity index (χ1n) is 7.37. The van der Waals surface area contributed by atoms with Crippen molar-refractivity contribution in [3.63, 3.8) is 0 Å². The fourth-order valence-corrected chi connectivity index (χ4v) is 3.00. The van der Waals surface area contributed by atoms with Crippen molar-refractivity contribution in [2.45, 2.75) is 31.7 Å². The molecule has 0 spiro atoms. The van der Waals surface area contributed by atoms with Crippen LogP contribution in [-0.2, 0) is 22.4 Å². The van der Waals surface area contributed by atoms with Crippen LogP contribution in [0.3, 0.4) is 0 Å². The van der Waals surface area contributed by atoms with Gasteiger partial charge in [-0.05, 0) is 60.9 Å². The summed E-state index contributed by atoms with van der Waals surface area (Å²) in [5, 5.41) is 3.13. The number of rotatable bonds is 6. The molecule has 21 heavy (non-hydrogen) atoms. The molecule has 3 N–H and O–H groups in total. The number of amides is 1. The Kier molecular flexibility index (Phi) is 3.76. The van der Waals surface area contributed by atoms with Gasteiger partial charge in [0.2, 0.25) is 5.91 Å². The standard InChI is InChI=1S/C16H19FN2O2/c17-14-6-12(5-11-3-10(8-20)4-13(11)14)15(16(18)21)19-7-9-1-2-9/h5-6,8-10,15,19H,1-4,7H2,(H2,18,21). The predicted octanol–water partition coefficient (Wildman–Crippen LogP) is 1.27. The summed E-state index contributed by atoms with van der Waals surface area (Å²) in [5.74, 6) is -0.395. The van der Waals surface area contributed by atoms with E-state index < -0.39 is 11.9 Å². The molecular weight excluding hydrogens is 271 g/mol. The summed E-state index contributed by atoms with van der Waals surface area (Å²) >= 11 is 0. The summed E-state index contributed by atoms with van der Waals surface area (Å²) < 4.78 is 14.2. The van der Waals surface area contributed by atoms with E-state index in [0.29, 0.717) is 29.9 Å². The van der Waals surface area contributed by atoms with E-state index in [1.54, 1.807) is 0 Å². The average molecular weight is 290 g/mol. The Labute approximate surface area is 122 Å². The maximum atomic E-state index is 14.2. The summed E-state index contributed by atoms with van der Waals surface area (Å²) in [6.07, 6.45) is 4.19. The molecule has 2 aliphatic rings. The van der Waals surface area contributed by atoms with E-state index in [1.807, 2.05) is 6.07 Å². The van der Waals surface area contributed by atoms with Gasteiger partial charge in [0, 0.05) is 5.92 Å². The number of benzene rings is 1. The predicted molar refractivity (Wildman–Crippen MR) is 76.0 cm³/mol. The molecule has 0 aliphatic heterocycles. The average Bonchev–Trinajstić information content (AvgIpc) is 3.16. The topological polar surface area (TPSA) is 72.2 Å². The van der Waals surface area contributed by atoms with E-state index in [4.69, 9.17) is 5.73 Å². The lowest BCUT2D eigenvalue weighted by Gasteiger charge is -2.17. The minimum Gasteiger partial charge on any atom is -0.368 e. The van der Waals surface area contributed by atoms with Crippen LogP contribution >= 0.6 is 0 Å². The summed E-state index contributed by atoms with van der Waals surface area (Å²) in [6, 6.07) is 2.53. The first kappa shape index (κ1) is 14.2. The van der Waals surface area contributed by atoms with Crippen molar-refractivity contribution in [2.24, 2.45) is 17.6 Å². The number of halogens is 1. The molecule has 0 bridgehead atoms. The van der Waals surface area contributed by atoms with Gasteiger partial charge in [0.15, 0.2) is 0 Å². The van der Waals surface area contributed by atoms with Crippen molar-refractivity contribution >= 4 is 12.2 Å².